The molecule has 0 bridgehead atoms. The first-order valence-corrected chi connectivity index (χ1v) is 39.4. The summed E-state index contributed by atoms with van der Waals surface area (Å²) >= 11 is 1.45. The van der Waals surface area contributed by atoms with Crippen molar-refractivity contribution in [2.75, 3.05) is 80.2 Å². The lowest BCUT2D eigenvalue weighted by Gasteiger charge is -2.41. The minimum absolute atomic E-state index is 0.0183. The second-order valence-corrected chi connectivity index (χ2v) is 32.3. The third kappa shape index (κ3) is 26.8. The van der Waals surface area contributed by atoms with Crippen molar-refractivity contribution in [2.45, 2.75) is 232 Å². The average molecular weight is 1530 g/mol. The summed E-state index contributed by atoms with van der Waals surface area (Å²) in [5, 5.41) is 27.6. The number of imide groups is 1. The molecule has 2 unspecified atom stereocenters. The van der Waals surface area contributed by atoms with E-state index in [1.165, 1.54) is 42.9 Å². The number of ether oxygens (including phenoxy) is 4. The largest absolute Gasteiger partial charge is 0.497 e. The molecule has 108 heavy (non-hydrogen) atoms. The Bertz CT molecular complexity index is 3330. The zero-order chi connectivity index (χ0) is 80.4. The van der Waals surface area contributed by atoms with Gasteiger partial charge in [0, 0.05) is 103 Å². The van der Waals surface area contributed by atoms with Crippen LogP contribution in [-0.2, 0) is 68.8 Å². The molecular formula is C79H125N11O17S. The van der Waals surface area contributed by atoms with E-state index in [0.717, 1.165) is 12.8 Å². The maximum absolute atomic E-state index is 14.7. The van der Waals surface area contributed by atoms with Crippen molar-refractivity contribution in [2.24, 2.45) is 52.6 Å². The monoisotopic (exact) mass is 1530 g/mol. The molecule has 11 amide bonds. The highest BCUT2D eigenvalue weighted by atomic mass is 32.2. The van der Waals surface area contributed by atoms with Crippen molar-refractivity contribution >= 4 is 88.4 Å². The van der Waals surface area contributed by atoms with Crippen LogP contribution in [0.5, 0.6) is 5.75 Å². The summed E-state index contributed by atoms with van der Waals surface area (Å²) in [4.78, 5) is 169. The first-order chi connectivity index (χ1) is 51.0. The highest BCUT2D eigenvalue weighted by molar-refractivity contribution is 8.00. The molecule has 2 heterocycles. The van der Waals surface area contributed by atoms with Crippen molar-refractivity contribution in [1.82, 2.24) is 46.2 Å². The Labute approximate surface area is 643 Å². The molecular weight excluding hydrogens is 1410 g/mol. The molecule has 0 radical (unpaired) electrons. The number of primary amides is 1. The lowest BCUT2D eigenvalue weighted by molar-refractivity contribution is -0.149. The van der Waals surface area contributed by atoms with Crippen LogP contribution >= 0.6 is 11.8 Å². The normalized spacial score (nSPS) is 19.3. The first-order valence-electron chi connectivity index (χ1n) is 38.3. The molecule has 2 aliphatic heterocycles. The highest BCUT2D eigenvalue weighted by Crippen LogP contribution is 2.52. The number of unbranched alkanes of at least 4 members (excludes halogenated alkanes) is 2. The van der Waals surface area contributed by atoms with Crippen LogP contribution in [0, 0.1) is 46.8 Å². The number of nitrogens with one attached hydrogen (secondary N) is 6. The number of β-amino-alcohol motifs (C(OH)–C–C–N with tert-alkyl or cyclic N) is 1. The molecule has 2 saturated heterocycles. The smallest absolute Gasteiger partial charge is 0.408 e. The molecule has 3 aliphatic rings. The maximum atomic E-state index is 14.7. The summed E-state index contributed by atoms with van der Waals surface area (Å²) in [6.45, 7) is 18.9. The fraction of sp³-hybridized carbons (Fsp3) is 0.696. The summed E-state index contributed by atoms with van der Waals surface area (Å²) in [5.41, 5.74) is 6.69. The number of methoxy groups -OCH3 is 3. The maximum Gasteiger partial charge on any atom is 0.408 e. The third-order valence-electron chi connectivity index (χ3n) is 21.6. The van der Waals surface area contributed by atoms with E-state index in [1.807, 2.05) is 60.5 Å². The molecule has 3 fully saturated rings. The number of nitrogens with two attached hydrogens (primary N) is 1. The Hall–Kier alpha value is -7.73. The molecule has 2 aromatic carbocycles. The molecule has 2 aromatic rings. The lowest BCUT2D eigenvalue weighted by Crippen LogP contribution is -2.55. The van der Waals surface area contributed by atoms with Crippen LogP contribution in [0.1, 0.15) is 183 Å². The number of thioether (sulfide) groups is 1. The first kappa shape index (κ1) is 90.9. The molecule has 14 atom stereocenters. The molecule has 604 valence electrons. The summed E-state index contributed by atoms with van der Waals surface area (Å²) in [7, 11) is 11.5. The van der Waals surface area contributed by atoms with Gasteiger partial charge in [-0.2, -0.15) is 0 Å². The number of Topliss-reactive ketones (excluding diaryl/α,β-unsaturated/α-hetero) is 2. The van der Waals surface area contributed by atoms with E-state index in [9.17, 15) is 62.6 Å². The average Bonchev–Trinajstić information content (AvgIpc) is 1.62. The predicted octanol–water partition coefficient (Wildman–Crippen LogP) is 7.32. The highest BCUT2D eigenvalue weighted by Gasteiger charge is 2.49. The number of anilines is 1. The number of amides is 11. The van der Waals surface area contributed by atoms with E-state index in [2.05, 4.69) is 31.9 Å². The predicted molar refractivity (Wildman–Crippen MR) is 413 cm³/mol. The number of likely N-dealkylation sites (N-methyl/N-ethyl adjacent to an activating group) is 2. The molecule has 1 saturated carbocycles. The number of benzene rings is 2. The van der Waals surface area contributed by atoms with Gasteiger partial charge in [0.25, 0.3) is 0 Å². The number of hydrogen-bond donors (Lipinski definition) is 8. The summed E-state index contributed by atoms with van der Waals surface area (Å²) in [5.74, 6) is -4.60. The van der Waals surface area contributed by atoms with Gasteiger partial charge in [0.2, 0.25) is 47.3 Å². The van der Waals surface area contributed by atoms with Crippen LogP contribution in [-0.4, -0.2) is 224 Å². The van der Waals surface area contributed by atoms with Crippen LogP contribution < -0.4 is 42.4 Å². The molecule has 28 nitrogen and oxygen atoms in total. The summed E-state index contributed by atoms with van der Waals surface area (Å²) in [6, 6.07) is 8.40. The number of nitrogens with zero attached hydrogens (tertiary/aromatic N) is 4. The Balaban J connectivity index is 1.18. The quantitative estimate of drug-likeness (QED) is 0.0238. The molecule has 1 aliphatic carbocycles. The number of ketones is 2. The Morgan fingerprint density at radius 3 is 1.99 bits per heavy atom. The number of rotatable bonds is 47. The second kappa shape index (κ2) is 43.6. The number of urea groups is 1. The van der Waals surface area contributed by atoms with Crippen molar-refractivity contribution in [1.29, 1.82) is 0 Å². The molecule has 0 aromatic heterocycles. The van der Waals surface area contributed by atoms with Crippen LogP contribution in [0.2, 0.25) is 0 Å². The van der Waals surface area contributed by atoms with Gasteiger partial charge < -0.3 is 71.5 Å². The fourth-order valence-corrected chi connectivity index (χ4v) is 16.4. The van der Waals surface area contributed by atoms with E-state index in [0.29, 0.717) is 66.8 Å². The van der Waals surface area contributed by atoms with Gasteiger partial charge in [-0.05, 0) is 130 Å². The summed E-state index contributed by atoms with van der Waals surface area (Å²) in [6.07, 6.45) is 1.36. The second-order valence-electron chi connectivity index (χ2n) is 31.1. The van der Waals surface area contributed by atoms with Crippen LogP contribution in [0.3, 0.4) is 0 Å². The standard InChI is InChI=1S/C79H125N11O17S/c1-18-49(8)71(88(14)75(100)58(46(2)3)39-61(93)70(48(6)7)87(12)13)62(105-16)40-66(96)90-43-56(91)38-59(90)72(106-17)50(9)73(98)83-51(10)69(53-27-31-57(104-15)32-28-53)86-78(103)107-44-52-25-29-55(30-26-52)84-74(99)54(23-22-35-82-77(80)102)37-60(92)68(47(4)5)85-64(94)24-20-19-21-36-89-67(97)41-63(76(89)101)108-45-79(33-34-79)42-65(95)81-11/h25-32,46-51,54,56,58-59,62-63,68-72,91H,18-24,33-45H2,1-17H3,(H,81,95)(H,83,98)(H,84,99)(H,85,94)(H,86,103)(H3,80,82,102)/t49-,50+,51+,54+,56-,58-,59-,62+,63?,68-,69?,70-,71-,72+/m0/s1. The van der Waals surface area contributed by atoms with Gasteiger partial charge in [0.1, 0.15) is 12.4 Å². The molecule has 5 rings (SSSR count). The van der Waals surface area contributed by atoms with Crippen LogP contribution in [0.25, 0.3) is 0 Å². The number of hydrogen-bond acceptors (Lipinski definition) is 19. The van der Waals surface area contributed by atoms with Crippen LogP contribution in [0.15, 0.2) is 48.5 Å². The molecule has 29 heteroatoms. The van der Waals surface area contributed by atoms with Gasteiger partial charge in [-0.3, -0.25) is 57.7 Å². The third-order valence-corrected chi connectivity index (χ3v) is 23.1. The molecule has 9 N–H and O–H groups in total. The minimum Gasteiger partial charge on any atom is -0.497 e. The van der Waals surface area contributed by atoms with E-state index in [-0.39, 0.29) is 153 Å². The fourth-order valence-electron chi connectivity index (χ4n) is 14.9. The van der Waals surface area contributed by atoms with Gasteiger partial charge in [0.15, 0.2) is 11.6 Å². The zero-order valence-corrected chi connectivity index (χ0v) is 67.6. The van der Waals surface area contributed by atoms with Crippen molar-refractivity contribution in [3.63, 3.8) is 0 Å². The number of alkyl carbamates (subject to hydrolysis) is 1. The van der Waals surface area contributed by atoms with Gasteiger partial charge >= 0.3 is 12.1 Å². The van der Waals surface area contributed by atoms with E-state index < -0.39 is 95.5 Å². The number of carbonyl (C=O) groups is 12. The number of aliphatic hydroxyl groups is 1. The molecule has 0 spiro atoms. The van der Waals surface area contributed by atoms with Gasteiger partial charge in [-0.1, -0.05) is 99.4 Å². The van der Waals surface area contributed by atoms with Gasteiger partial charge in [-0.15, -0.1) is 11.8 Å². The van der Waals surface area contributed by atoms with Crippen molar-refractivity contribution in [3.05, 3.63) is 59.7 Å². The number of carbonyl (C=O) groups excluding carboxylic acids is 12. The van der Waals surface area contributed by atoms with E-state index in [4.69, 9.17) is 24.7 Å². The van der Waals surface area contributed by atoms with E-state index in [1.54, 1.807) is 95.2 Å². The van der Waals surface area contributed by atoms with Gasteiger partial charge in [-0.25, -0.2) is 9.59 Å². The van der Waals surface area contributed by atoms with Crippen LogP contribution in [0.4, 0.5) is 15.3 Å². The number of aliphatic hydroxyl groups excluding tert-OH is 1. The Kier molecular flexibility index (Phi) is 36.7. The summed E-state index contributed by atoms with van der Waals surface area (Å²) < 4.78 is 23.3. The topological polar surface area (TPSA) is 373 Å². The van der Waals surface area contributed by atoms with Crippen molar-refractivity contribution in [3.8, 4) is 5.75 Å². The van der Waals surface area contributed by atoms with Crippen molar-refractivity contribution < 1.29 is 81.6 Å². The minimum atomic E-state index is -0.940. The Morgan fingerprint density at radius 1 is 0.759 bits per heavy atom. The van der Waals surface area contributed by atoms with E-state index >= 15 is 0 Å². The SMILES string of the molecule is CC[C@H](C)[C@@H]([C@@H](CC(=O)N1C[C@@H](O)C[C@H]1[C@H](OC)[C@@H](C)C(=O)N[C@H](C)C(NC(=O)OCc1ccc(NC(=O)[C@H](CCCNC(N)=O)CC(=O)[C@@H](NC(=O)CCCCCN2C(=O)CC(SCC3(CC(=O)NC)CC3)C2=O)C(C)C)cc1)c1ccc(OC)cc1)OC)N(C)C(=O)[C@@H](CC(=O)[C@H](C(C)C)N(C)C)C(C)C. The lowest BCUT2D eigenvalue weighted by atomic mass is 9.83. The van der Waals surface area contributed by atoms with Gasteiger partial charge in [0.05, 0.1) is 79.3 Å². The number of likely N-dealkylation sites (tertiary alicyclic amines) is 2. The zero-order valence-electron chi connectivity index (χ0n) is 66.8. The Morgan fingerprint density at radius 2 is 1.43 bits per heavy atom.